The van der Waals surface area contributed by atoms with E-state index in [4.69, 9.17) is 19.8 Å². The van der Waals surface area contributed by atoms with Gasteiger partial charge in [-0.15, -0.1) is 0 Å². The van der Waals surface area contributed by atoms with Crippen LogP contribution in [0, 0.1) is 11.8 Å². The van der Waals surface area contributed by atoms with Crippen LogP contribution in [0.4, 0.5) is 32.2 Å². The van der Waals surface area contributed by atoms with Crippen LogP contribution in [0.3, 0.4) is 0 Å². The molecule has 3 atom stereocenters. The lowest BCUT2D eigenvalue weighted by atomic mass is 9.92. The summed E-state index contributed by atoms with van der Waals surface area (Å²) in [5.41, 5.74) is 0. The number of piperidine rings is 1. The van der Waals surface area contributed by atoms with Gasteiger partial charge in [-0.1, -0.05) is 6.07 Å². The van der Waals surface area contributed by atoms with Crippen LogP contribution >= 0.6 is 0 Å². The van der Waals surface area contributed by atoms with E-state index in [-0.39, 0.29) is 0 Å². The minimum atomic E-state index is -5.08. The van der Waals surface area contributed by atoms with Crippen LogP contribution in [0.1, 0.15) is 25.7 Å². The van der Waals surface area contributed by atoms with Crippen molar-refractivity contribution in [2.24, 2.45) is 11.8 Å². The molecule has 2 aromatic heterocycles. The number of carboxylic acid groups (broad SMARTS) is 2. The molecule has 0 bridgehead atoms. The molecule has 16 heteroatoms. The van der Waals surface area contributed by atoms with Gasteiger partial charge in [0.25, 0.3) is 0 Å². The number of rotatable bonds is 5. The third-order valence-electron chi connectivity index (χ3n) is 6.65. The van der Waals surface area contributed by atoms with E-state index in [1.807, 2.05) is 23.3 Å². The van der Waals surface area contributed by atoms with E-state index in [0.717, 1.165) is 43.3 Å². The molecule has 1 aliphatic carbocycles. The van der Waals surface area contributed by atoms with E-state index in [0.29, 0.717) is 6.04 Å². The summed E-state index contributed by atoms with van der Waals surface area (Å²) in [5.74, 6) is -2.71. The van der Waals surface area contributed by atoms with Crippen molar-refractivity contribution in [1.82, 2.24) is 24.6 Å². The predicted molar refractivity (Wildman–Crippen MR) is 124 cm³/mol. The highest BCUT2D eigenvalue weighted by atomic mass is 19.4. The van der Waals surface area contributed by atoms with Gasteiger partial charge in [0.15, 0.2) is 0 Å². The summed E-state index contributed by atoms with van der Waals surface area (Å²) in [6, 6.07) is 7.56. The van der Waals surface area contributed by atoms with Gasteiger partial charge in [-0.2, -0.15) is 31.4 Å². The fraction of sp³-hybridized carbons (Fsp3) is 0.609. The zero-order valence-electron chi connectivity index (χ0n) is 20.6. The Balaban J connectivity index is 0.000000251. The highest BCUT2D eigenvalue weighted by Gasteiger charge is 2.45. The summed E-state index contributed by atoms with van der Waals surface area (Å²) in [5, 5.41) is 18.6. The maximum Gasteiger partial charge on any atom is 0.490 e. The molecule has 216 valence electrons. The Kier molecular flexibility index (Phi) is 9.74. The molecule has 0 unspecified atom stereocenters. The smallest absolute Gasteiger partial charge is 0.475 e. The zero-order chi connectivity index (χ0) is 28.8. The number of hydrogen-bond acceptors (Lipinski definition) is 7. The van der Waals surface area contributed by atoms with Crippen molar-refractivity contribution in [3.8, 4) is 0 Å². The number of anilines is 1. The van der Waals surface area contributed by atoms with Crippen molar-refractivity contribution < 1.29 is 46.1 Å². The minimum absolute atomic E-state index is 0.598. The van der Waals surface area contributed by atoms with Crippen molar-refractivity contribution in [2.45, 2.75) is 56.7 Å². The van der Waals surface area contributed by atoms with Crippen LogP contribution in [0.25, 0.3) is 0 Å². The molecule has 0 spiro atoms. The van der Waals surface area contributed by atoms with Gasteiger partial charge in [-0.25, -0.2) is 19.6 Å². The summed E-state index contributed by atoms with van der Waals surface area (Å²) < 4.78 is 65.5. The first kappa shape index (κ1) is 30.1. The average molecular weight is 567 g/mol. The number of fused-ring (bicyclic) bond motifs is 1. The highest BCUT2D eigenvalue weighted by molar-refractivity contribution is 5.73. The maximum atomic E-state index is 10.6. The lowest BCUT2D eigenvalue weighted by molar-refractivity contribution is -0.193. The second-order valence-corrected chi connectivity index (χ2v) is 9.50. The third kappa shape index (κ3) is 9.07. The largest absolute Gasteiger partial charge is 0.490 e. The van der Waals surface area contributed by atoms with E-state index in [2.05, 4.69) is 37.0 Å². The number of alkyl halides is 6. The summed E-state index contributed by atoms with van der Waals surface area (Å²) >= 11 is 0. The number of likely N-dealkylation sites (tertiary alicyclic amines) is 1. The van der Waals surface area contributed by atoms with Gasteiger partial charge in [-0.3, -0.25) is 9.58 Å². The second-order valence-electron chi connectivity index (χ2n) is 9.50. The molecular formula is C23H28F6N6O4. The molecule has 0 radical (unpaired) electrons. The van der Waals surface area contributed by atoms with Gasteiger partial charge in [-0.05, 0) is 49.7 Å². The predicted octanol–water partition coefficient (Wildman–Crippen LogP) is 3.32. The lowest BCUT2D eigenvalue weighted by Crippen LogP contribution is -2.48. The molecule has 2 aliphatic heterocycles. The van der Waals surface area contributed by atoms with Gasteiger partial charge in [0.2, 0.25) is 0 Å². The monoisotopic (exact) mass is 566 g/mol. The topological polar surface area (TPSA) is 125 Å². The summed E-state index contributed by atoms with van der Waals surface area (Å²) in [4.78, 5) is 31.8. The Bertz CT molecular complexity index is 1040. The first-order chi connectivity index (χ1) is 18.3. The van der Waals surface area contributed by atoms with Crippen LogP contribution in [0.5, 0.6) is 0 Å². The number of nitrogens with zero attached hydrogens (tertiary/aromatic N) is 6. The van der Waals surface area contributed by atoms with Crippen molar-refractivity contribution in [3.05, 3.63) is 37.1 Å². The first-order valence-corrected chi connectivity index (χ1v) is 12.1. The van der Waals surface area contributed by atoms with E-state index in [1.165, 1.54) is 32.2 Å². The average Bonchev–Trinajstić information content (AvgIpc) is 3.42. The Hall–Kier alpha value is -3.43. The summed E-state index contributed by atoms with van der Waals surface area (Å²) in [7, 11) is 0. The number of carboxylic acids is 2. The number of halogens is 6. The van der Waals surface area contributed by atoms with Crippen LogP contribution in [-0.4, -0.2) is 90.9 Å². The normalized spacial score (nSPS) is 23.1. The molecule has 3 aliphatic rings. The summed E-state index contributed by atoms with van der Waals surface area (Å²) in [6.45, 7) is 4.51. The van der Waals surface area contributed by atoms with E-state index < -0.39 is 24.3 Å². The maximum absolute atomic E-state index is 10.6. The van der Waals surface area contributed by atoms with Gasteiger partial charge >= 0.3 is 24.3 Å². The molecule has 5 rings (SSSR count). The molecular weight excluding hydrogens is 538 g/mol. The fourth-order valence-electron chi connectivity index (χ4n) is 4.80. The van der Waals surface area contributed by atoms with Gasteiger partial charge in [0.05, 0.1) is 6.54 Å². The number of carbonyl (C=O) groups is 2. The Morgan fingerprint density at radius 2 is 1.62 bits per heavy atom. The SMILES string of the molecule is O=C(O)C(F)(F)F.O=C(O)C(F)(F)F.c1ccc(N2CC[C@H]3[C@H](C[C@@H](Cn4cncn4)N3CC3CC3)C2)nc1. The zero-order valence-corrected chi connectivity index (χ0v) is 20.6. The molecule has 10 nitrogen and oxygen atoms in total. The second kappa shape index (κ2) is 12.6. The van der Waals surface area contributed by atoms with Crippen LogP contribution in [0.15, 0.2) is 37.1 Å². The Morgan fingerprint density at radius 3 is 2.10 bits per heavy atom. The third-order valence-corrected chi connectivity index (χ3v) is 6.65. The lowest BCUT2D eigenvalue weighted by Gasteiger charge is -2.39. The standard InChI is InChI=1S/C19H26N6.2C2HF3O2/c1-2-7-21-19(3-1)23-8-6-18-16(11-23)9-17(12-24-14-20-13-22-24)25(18)10-15-4-5-15;2*3-2(4,5)1(6)7/h1-3,7,13-18H,4-6,8-12H2;2*(H,6,7)/t16-,17+,18+;;/m1../s1. The molecule has 3 fully saturated rings. The quantitative estimate of drug-likeness (QED) is 0.525. The highest BCUT2D eigenvalue weighted by Crippen LogP contribution is 2.40. The molecule has 1 saturated carbocycles. The Morgan fingerprint density at radius 1 is 0.974 bits per heavy atom. The molecule has 0 amide bonds. The number of pyridine rings is 1. The first-order valence-electron chi connectivity index (χ1n) is 12.1. The number of hydrogen-bond donors (Lipinski definition) is 2. The van der Waals surface area contributed by atoms with Crippen molar-refractivity contribution in [3.63, 3.8) is 0 Å². The number of aromatic nitrogens is 4. The van der Waals surface area contributed by atoms with Crippen molar-refractivity contribution in [1.29, 1.82) is 0 Å². The number of aliphatic carboxylic acids is 2. The minimum Gasteiger partial charge on any atom is -0.475 e. The summed E-state index contributed by atoms with van der Waals surface area (Å²) in [6.07, 6.45) is 0.604. The van der Waals surface area contributed by atoms with Crippen LogP contribution in [-0.2, 0) is 16.1 Å². The van der Waals surface area contributed by atoms with E-state index in [1.54, 1.807) is 6.33 Å². The molecule has 4 heterocycles. The van der Waals surface area contributed by atoms with Crippen LogP contribution in [0.2, 0.25) is 0 Å². The van der Waals surface area contributed by atoms with Crippen molar-refractivity contribution >= 4 is 17.8 Å². The van der Waals surface area contributed by atoms with Gasteiger partial charge in [0.1, 0.15) is 18.5 Å². The van der Waals surface area contributed by atoms with E-state index in [9.17, 15) is 26.3 Å². The molecule has 2 saturated heterocycles. The fourth-order valence-corrected chi connectivity index (χ4v) is 4.80. The molecule has 39 heavy (non-hydrogen) atoms. The molecule has 2 N–H and O–H groups in total. The van der Waals surface area contributed by atoms with Gasteiger partial charge in [0, 0.05) is 37.9 Å². The van der Waals surface area contributed by atoms with E-state index >= 15 is 0 Å². The molecule has 0 aromatic carbocycles. The van der Waals surface area contributed by atoms with Gasteiger partial charge < -0.3 is 15.1 Å². The van der Waals surface area contributed by atoms with Crippen LogP contribution < -0.4 is 4.90 Å². The van der Waals surface area contributed by atoms with Crippen molar-refractivity contribution in [2.75, 3.05) is 24.5 Å². The molecule has 2 aromatic rings. The Labute approximate surface area is 219 Å².